The van der Waals surface area contributed by atoms with Crippen molar-refractivity contribution in [2.45, 2.75) is 66.6 Å². The molecule has 0 aliphatic heterocycles. The highest BCUT2D eigenvalue weighted by Crippen LogP contribution is 2.11. The van der Waals surface area contributed by atoms with Crippen molar-refractivity contribution in [2.75, 3.05) is 18.4 Å². The van der Waals surface area contributed by atoms with E-state index in [1.54, 1.807) is 0 Å². The Balaban J connectivity index is 2.65. The van der Waals surface area contributed by atoms with Crippen LogP contribution < -0.4 is 5.32 Å². The van der Waals surface area contributed by atoms with Gasteiger partial charge in [-0.15, -0.1) is 0 Å². The lowest BCUT2D eigenvalue weighted by molar-refractivity contribution is 0.168. The van der Waals surface area contributed by atoms with E-state index >= 15 is 0 Å². The van der Waals surface area contributed by atoms with Gasteiger partial charge in [-0.1, -0.05) is 6.92 Å². The summed E-state index contributed by atoms with van der Waals surface area (Å²) in [5, 5.41) is 3.40. The number of hydrogen-bond donors (Lipinski definition) is 1. The van der Waals surface area contributed by atoms with Gasteiger partial charge in [0, 0.05) is 37.9 Å². The molecule has 1 rings (SSSR count). The average molecular weight is 266 g/mol. The van der Waals surface area contributed by atoms with Gasteiger partial charge in [-0.25, -0.2) is 4.98 Å². The molecule has 0 saturated carbocycles. The van der Waals surface area contributed by atoms with Crippen LogP contribution in [0.25, 0.3) is 0 Å². The second-order valence-electron chi connectivity index (χ2n) is 5.75. The summed E-state index contributed by atoms with van der Waals surface area (Å²) in [6.07, 6.45) is 3.26. The molecule has 0 spiro atoms. The third kappa shape index (κ3) is 4.86. The van der Waals surface area contributed by atoms with Gasteiger partial charge < -0.3 is 9.88 Å². The van der Waals surface area contributed by atoms with E-state index in [1.807, 2.05) is 0 Å². The van der Waals surface area contributed by atoms with Crippen molar-refractivity contribution < 1.29 is 0 Å². The number of anilines is 1. The van der Waals surface area contributed by atoms with E-state index in [2.05, 4.69) is 67.5 Å². The fraction of sp³-hybridized carbons (Fsp3) is 0.800. The van der Waals surface area contributed by atoms with Crippen molar-refractivity contribution in [1.29, 1.82) is 0 Å². The first kappa shape index (κ1) is 16.0. The largest absolute Gasteiger partial charge is 0.356 e. The highest BCUT2D eigenvalue weighted by Gasteiger charge is 2.14. The molecule has 0 amide bonds. The highest BCUT2D eigenvalue weighted by atomic mass is 15.2. The number of imidazole rings is 1. The average Bonchev–Trinajstić information content (AvgIpc) is 2.66. The molecule has 0 fully saturated rings. The normalized spacial score (nSPS) is 11.8. The Morgan fingerprint density at radius 2 is 1.89 bits per heavy atom. The number of rotatable bonds is 8. The van der Waals surface area contributed by atoms with Crippen LogP contribution in [-0.2, 0) is 6.54 Å². The summed E-state index contributed by atoms with van der Waals surface area (Å²) in [5.41, 5.74) is 1.08. The second-order valence-corrected chi connectivity index (χ2v) is 5.75. The standard InChI is InChI=1S/C15H30N4/c1-7-8-16-15-17-14(6)11-18(15)9-10-19(12(2)3)13(4)5/h11-13H,7-10H2,1-6H3,(H,16,17). The maximum atomic E-state index is 4.55. The minimum Gasteiger partial charge on any atom is -0.356 e. The van der Waals surface area contributed by atoms with Gasteiger partial charge in [-0.2, -0.15) is 0 Å². The van der Waals surface area contributed by atoms with Crippen molar-refractivity contribution in [3.63, 3.8) is 0 Å². The van der Waals surface area contributed by atoms with E-state index in [9.17, 15) is 0 Å². The van der Waals surface area contributed by atoms with Gasteiger partial charge >= 0.3 is 0 Å². The van der Waals surface area contributed by atoms with Crippen LogP contribution in [-0.4, -0.2) is 39.6 Å². The Morgan fingerprint density at radius 1 is 1.26 bits per heavy atom. The number of aromatic nitrogens is 2. The molecule has 4 nitrogen and oxygen atoms in total. The van der Waals surface area contributed by atoms with Crippen LogP contribution in [0, 0.1) is 6.92 Å². The van der Waals surface area contributed by atoms with Crippen molar-refractivity contribution in [2.24, 2.45) is 0 Å². The van der Waals surface area contributed by atoms with Gasteiger partial charge in [-0.3, -0.25) is 4.90 Å². The van der Waals surface area contributed by atoms with E-state index < -0.39 is 0 Å². The van der Waals surface area contributed by atoms with Crippen molar-refractivity contribution in [3.05, 3.63) is 11.9 Å². The Morgan fingerprint density at radius 3 is 2.42 bits per heavy atom. The maximum Gasteiger partial charge on any atom is 0.203 e. The molecule has 0 aromatic carbocycles. The molecule has 0 unspecified atom stereocenters. The van der Waals surface area contributed by atoms with Crippen LogP contribution >= 0.6 is 0 Å². The zero-order chi connectivity index (χ0) is 14.4. The number of aryl methyl sites for hydroxylation is 1. The predicted octanol–water partition coefficient (Wildman–Crippen LogP) is 3.13. The molecular formula is C15H30N4. The summed E-state index contributed by atoms with van der Waals surface area (Å²) >= 11 is 0. The quantitative estimate of drug-likeness (QED) is 0.785. The van der Waals surface area contributed by atoms with Crippen molar-refractivity contribution in [3.8, 4) is 0 Å². The third-order valence-electron chi connectivity index (χ3n) is 3.36. The lowest BCUT2D eigenvalue weighted by Gasteiger charge is -2.30. The molecule has 1 aromatic rings. The van der Waals surface area contributed by atoms with Gasteiger partial charge in [0.15, 0.2) is 0 Å². The maximum absolute atomic E-state index is 4.55. The van der Waals surface area contributed by atoms with E-state index in [-0.39, 0.29) is 0 Å². The molecular weight excluding hydrogens is 236 g/mol. The molecule has 19 heavy (non-hydrogen) atoms. The van der Waals surface area contributed by atoms with Gasteiger partial charge in [0.25, 0.3) is 0 Å². The molecule has 0 saturated heterocycles. The van der Waals surface area contributed by atoms with Crippen LogP contribution in [0.15, 0.2) is 6.20 Å². The molecule has 0 aliphatic rings. The van der Waals surface area contributed by atoms with Crippen molar-refractivity contribution >= 4 is 5.95 Å². The summed E-state index contributed by atoms with van der Waals surface area (Å²) in [7, 11) is 0. The van der Waals surface area contributed by atoms with E-state index in [0.29, 0.717) is 12.1 Å². The van der Waals surface area contributed by atoms with Crippen molar-refractivity contribution in [1.82, 2.24) is 14.5 Å². The summed E-state index contributed by atoms with van der Waals surface area (Å²) < 4.78 is 2.24. The summed E-state index contributed by atoms with van der Waals surface area (Å²) in [4.78, 5) is 7.06. The summed E-state index contributed by atoms with van der Waals surface area (Å²) in [6, 6.07) is 1.16. The Labute approximate surface area is 118 Å². The minimum atomic E-state index is 0.580. The Bertz CT molecular complexity index is 360. The summed E-state index contributed by atoms with van der Waals surface area (Å²) in [5.74, 6) is 1.01. The first-order valence-electron chi connectivity index (χ1n) is 7.49. The summed E-state index contributed by atoms with van der Waals surface area (Å²) in [6.45, 7) is 16.3. The Kier molecular flexibility index (Phi) is 6.35. The second kappa shape index (κ2) is 7.53. The van der Waals surface area contributed by atoms with Crippen LogP contribution in [0.2, 0.25) is 0 Å². The fourth-order valence-electron chi connectivity index (χ4n) is 2.43. The molecule has 0 bridgehead atoms. The highest BCUT2D eigenvalue weighted by molar-refractivity contribution is 5.28. The zero-order valence-electron chi connectivity index (χ0n) is 13.4. The van der Waals surface area contributed by atoms with E-state index in [0.717, 1.165) is 37.7 Å². The van der Waals surface area contributed by atoms with Crippen LogP contribution in [0.4, 0.5) is 5.95 Å². The fourth-order valence-corrected chi connectivity index (χ4v) is 2.43. The topological polar surface area (TPSA) is 33.1 Å². The molecule has 4 heteroatoms. The van der Waals surface area contributed by atoms with Gasteiger partial charge in [0.1, 0.15) is 0 Å². The molecule has 1 N–H and O–H groups in total. The first-order valence-corrected chi connectivity index (χ1v) is 7.49. The molecule has 0 atom stereocenters. The number of hydrogen-bond acceptors (Lipinski definition) is 3. The molecule has 0 aliphatic carbocycles. The Hall–Kier alpha value is -1.03. The predicted molar refractivity (Wildman–Crippen MR) is 82.7 cm³/mol. The molecule has 0 radical (unpaired) electrons. The monoisotopic (exact) mass is 266 g/mol. The van der Waals surface area contributed by atoms with Crippen LogP contribution in [0.3, 0.4) is 0 Å². The molecule has 1 aromatic heterocycles. The van der Waals surface area contributed by atoms with Crippen LogP contribution in [0.1, 0.15) is 46.7 Å². The van der Waals surface area contributed by atoms with Gasteiger partial charge in [0.05, 0.1) is 5.69 Å². The number of nitrogens with zero attached hydrogens (tertiary/aromatic N) is 3. The smallest absolute Gasteiger partial charge is 0.203 e. The lowest BCUT2D eigenvalue weighted by atomic mass is 10.2. The molecule has 1 heterocycles. The van der Waals surface area contributed by atoms with E-state index in [4.69, 9.17) is 0 Å². The lowest BCUT2D eigenvalue weighted by Crippen LogP contribution is -2.39. The minimum absolute atomic E-state index is 0.580. The third-order valence-corrected chi connectivity index (χ3v) is 3.36. The molecule has 110 valence electrons. The number of nitrogens with one attached hydrogen (secondary N) is 1. The van der Waals surface area contributed by atoms with Gasteiger partial charge in [-0.05, 0) is 41.0 Å². The first-order chi connectivity index (χ1) is 8.95. The SMILES string of the molecule is CCCNc1nc(C)cn1CCN(C(C)C)C(C)C. The van der Waals surface area contributed by atoms with Crippen LogP contribution in [0.5, 0.6) is 0 Å². The zero-order valence-corrected chi connectivity index (χ0v) is 13.4. The van der Waals surface area contributed by atoms with E-state index in [1.165, 1.54) is 0 Å². The van der Waals surface area contributed by atoms with Gasteiger partial charge in [0.2, 0.25) is 5.95 Å².